The molecule has 0 spiro atoms. The van der Waals surface area contributed by atoms with Crippen LogP contribution >= 0.6 is 11.3 Å². The molecular weight excluding hydrogens is 270 g/mol. The molecule has 0 saturated heterocycles. The van der Waals surface area contributed by atoms with Crippen LogP contribution in [0.2, 0.25) is 0 Å². The smallest absolute Gasteiger partial charge is 0.221 e. The van der Waals surface area contributed by atoms with Crippen LogP contribution in [0.5, 0.6) is 0 Å². The zero-order valence-electron chi connectivity index (χ0n) is 10.6. The Hall–Kier alpha value is -2.20. The minimum absolute atomic E-state index is 0.00459. The molecule has 4 heteroatoms. The maximum absolute atomic E-state index is 12.4. The van der Waals surface area contributed by atoms with Crippen LogP contribution in [0.4, 0.5) is 0 Å². The standard InChI is InChI=1S/C16H11NO2S/c18-15(10-4-2-1-3-5-10)16-17-14-11-8-9-19-12(11)6-7-13(14)20-16/h1-5,8-9H,6-7H2. The minimum Gasteiger partial charge on any atom is -0.469 e. The summed E-state index contributed by atoms with van der Waals surface area (Å²) < 4.78 is 5.45. The molecule has 98 valence electrons. The van der Waals surface area contributed by atoms with Gasteiger partial charge in [0.1, 0.15) is 5.76 Å². The molecule has 1 aliphatic rings. The molecule has 0 aliphatic heterocycles. The highest BCUT2D eigenvalue weighted by Gasteiger charge is 2.25. The third-order valence-corrected chi connectivity index (χ3v) is 4.62. The van der Waals surface area contributed by atoms with Gasteiger partial charge in [-0.25, -0.2) is 4.98 Å². The van der Waals surface area contributed by atoms with Gasteiger partial charge in [-0.3, -0.25) is 4.79 Å². The van der Waals surface area contributed by atoms with E-state index in [9.17, 15) is 4.79 Å². The van der Waals surface area contributed by atoms with Gasteiger partial charge in [0.05, 0.1) is 12.0 Å². The molecule has 20 heavy (non-hydrogen) atoms. The summed E-state index contributed by atoms with van der Waals surface area (Å²) in [5.41, 5.74) is 2.64. The number of aryl methyl sites for hydroxylation is 2. The van der Waals surface area contributed by atoms with E-state index in [1.54, 1.807) is 6.26 Å². The SMILES string of the molecule is O=C(c1ccccc1)c1nc2c(s1)CCc1occc1-2. The quantitative estimate of drug-likeness (QED) is 0.672. The molecule has 0 saturated carbocycles. The van der Waals surface area contributed by atoms with E-state index in [-0.39, 0.29) is 5.78 Å². The van der Waals surface area contributed by atoms with E-state index in [1.807, 2.05) is 36.4 Å². The molecule has 0 amide bonds. The van der Waals surface area contributed by atoms with Crippen LogP contribution in [0.15, 0.2) is 47.1 Å². The molecular formula is C16H11NO2S. The van der Waals surface area contributed by atoms with Crippen LogP contribution in [0.25, 0.3) is 11.3 Å². The van der Waals surface area contributed by atoms with Gasteiger partial charge in [-0.15, -0.1) is 11.3 Å². The molecule has 4 rings (SSSR count). The van der Waals surface area contributed by atoms with Crippen LogP contribution in [0.3, 0.4) is 0 Å². The van der Waals surface area contributed by atoms with E-state index < -0.39 is 0 Å². The predicted octanol–water partition coefficient (Wildman–Crippen LogP) is 3.73. The number of furan rings is 1. The second kappa shape index (κ2) is 4.42. The summed E-state index contributed by atoms with van der Waals surface area (Å²) in [6, 6.07) is 11.2. The van der Waals surface area contributed by atoms with Crippen molar-refractivity contribution in [1.82, 2.24) is 4.98 Å². The van der Waals surface area contributed by atoms with Crippen molar-refractivity contribution in [2.24, 2.45) is 0 Å². The maximum Gasteiger partial charge on any atom is 0.221 e. The fourth-order valence-electron chi connectivity index (χ4n) is 2.51. The number of hydrogen-bond acceptors (Lipinski definition) is 4. The van der Waals surface area contributed by atoms with Crippen LogP contribution in [0, 0.1) is 0 Å². The first-order chi connectivity index (χ1) is 9.83. The van der Waals surface area contributed by atoms with Crippen LogP contribution in [-0.4, -0.2) is 10.8 Å². The molecule has 2 heterocycles. The third kappa shape index (κ3) is 1.72. The molecule has 3 aromatic rings. The first-order valence-electron chi connectivity index (χ1n) is 6.49. The molecule has 0 radical (unpaired) electrons. The van der Waals surface area contributed by atoms with E-state index >= 15 is 0 Å². The van der Waals surface area contributed by atoms with Crippen molar-refractivity contribution in [3.63, 3.8) is 0 Å². The summed E-state index contributed by atoms with van der Waals surface area (Å²) in [7, 11) is 0. The van der Waals surface area contributed by atoms with Crippen molar-refractivity contribution in [3.8, 4) is 11.3 Å². The van der Waals surface area contributed by atoms with Crippen molar-refractivity contribution in [1.29, 1.82) is 0 Å². The zero-order chi connectivity index (χ0) is 13.5. The Morgan fingerprint density at radius 2 is 2.00 bits per heavy atom. The number of benzene rings is 1. The Bertz CT molecular complexity index is 786. The van der Waals surface area contributed by atoms with Gasteiger partial charge < -0.3 is 4.42 Å². The molecule has 0 atom stereocenters. The fraction of sp³-hybridized carbons (Fsp3) is 0.125. The Labute approximate surface area is 119 Å². The second-order valence-corrected chi connectivity index (χ2v) is 5.83. The van der Waals surface area contributed by atoms with Gasteiger partial charge in [0, 0.05) is 22.4 Å². The van der Waals surface area contributed by atoms with Gasteiger partial charge >= 0.3 is 0 Å². The number of aromatic nitrogens is 1. The topological polar surface area (TPSA) is 43.1 Å². The van der Waals surface area contributed by atoms with E-state index in [1.165, 1.54) is 16.2 Å². The average molecular weight is 281 g/mol. The Morgan fingerprint density at radius 3 is 2.85 bits per heavy atom. The number of thiazole rings is 1. The molecule has 0 unspecified atom stereocenters. The monoisotopic (exact) mass is 281 g/mol. The van der Waals surface area contributed by atoms with Crippen LogP contribution in [0.1, 0.15) is 26.0 Å². The lowest BCUT2D eigenvalue weighted by molar-refractivity contribution is 0.103. The number of rotatable bonds is 2. The third-order valence-electron chi connectivity index (χ3n) is 3.51. The summed E-state index contributed by atoms with van der Waals surface area (Å²) >= 11 is 1.50. The van der Waals surface area contributed by atoms with Crippen molar-refractivity contribution < 1.29 is 9.21 Å². The van der Waals surface area contributed by atoms with E-state index in [4.69, 9.17) is 4.42 Å². The van der Waals surface area contributed by atoms with Gasteiger partial charge in [0.2, 0.25) is 5.78 Å². The van der Waals surface area contributed by atoms with Gasteiger partial charge in [-0.2, -0.15) is 0 Å². The van der Waals surface area contributed by atoms with Crippen molar-refractivity contribution in [2.75, 3.05) is 0 Å². The lowest BCUT2D eigenvalue weighted by atomic mass is 10.0. The molecule has 1 aromatic carbocycles. The summed E-state index contributed by atoms with van der Waals surface area (Å²) in [5.74, 6) is 0.969. The highest BCUT2D eigenvalue weighted by atomic mass is 32.1. The highest BCUT2D eigenvalue weighted by Crippen LogP contribution is 2.37. The number of fused-ring (bicyclic) bond motifs is 3. The predicted molar refractivity (Wildman–Crippen MR) is 77.1 cm³/mol. The Morgan fingerprint density at radius 1 is 1.15 bits per heavy atom. The Balaban J connectivity index is 1.78. The summed E-state index contributed by atoms with van der Waals surface area (Å²) in [6.45, 7) is 0. The van der Waals surface area contributed by atoms with Gasteiger partial charge in [0.25, 0.3) is 0 Å². The lowest BCUT2D eigenvalue weighted by Gasteiger charge is -2.07. The van der Waals surface area contributed by atoms with Crippen molar-refractivity contribution in [3.05, 3.63) is 63.9 Å². The average Bonchev–Trinajstić information content (AvgIpc) is 3.12. The van der Waals surface area contributed by atoms with E-state index in [2.05, 4.69) is 4.98 Å². The molecule has 3 nitrogen and oxygen atoms in total. The van der Waals surface area contributed by atoms with Crippen molar-refractivity contribution in [2.45, 2.75) is 12.8 Å². The van der Waals surface area contributed by atoms with Crippen LogP contribution < -0.4 is 0 Å². The normalized spacial score (nSPS) is 12.8. The fourth-order valence-corrected chi connectivity index (χ4v) is 3.55. The summed E-state index contributed by atoms with van der Waals surface area (Å²) in [6.07, 6.45) is 3.48. The number of carbonyl (C=O) groups is 1. The highest BCUT2D eigenvalue weighted by molar-refractivity contribution is 7.14. The summed E-state index contributed by atoms with van der Waals surface area (Å²) in [4.78, 5) is 18.2. The number of ketones is 1. The number of nitrogens with zero attached hydrogens (tertiary/aromatic N) is 1. The first-order valence-corrected chi connectivity index (χ1v) is 7.31. The molecule has 1 aliphatic carbocycles. The number of hydrogen-bond donors (Lipinski definition) is 0. The summed E-state index contributed by atoms with van der Waals surface area (Å²) in [5, 5.41) is 0.565. The largest absolute Gasteiger partial charge is 0.469 e. The lowest BCUT2D eigenvalue weighted by Crippen LogP contribution is -2.00. The Kier molecular flexibility index (Phi) is 2.57. The first kappa shape index (κ1) is 11.6. The van der Waals surface area contributed by atoms with Gasteiger partial charge in [-0.1, -0.05) is 30.3 Å². The van der Waals surface area contributed by atoms with Gasteiger partial charge in [-0.05, 0) is 12.5 Å². The van der Waals surface area contributed by atoms with E-state index in [0.29, 0.717) is 10.6 Å². The molecule has 0 fully saturated rings. The molecule has 2 aromatic heterocycles. The maximum atomic E-state index is 12.4. The molecule has 0 N–H and O–H groups in total. The number of carbonyl (C=O) groups excluding carboxylic acids is 1. The minimum atomic E-state index is -0.00459. The zero-order valence-corrected chi connectivity index (χ0v) is 11.4. The van der Waals surface area contributed by atoms with E-state index in [0.717, 1.165) is 29.9 Å². The molecule has 0 bridgehead atoms. The van der Waals surface area contributed by atoms with Crippen molar-refractivity contribution >= 4 is 17.1 Å². The van der Waals surface area contributed by atoms with Crippen LogP contribution in [-0.2, 0) is 12.8 Å². The van der Waals surface area contributed by atoms with Gasteiger partial charge in [0.15, 0.2) is 5.01 Å². The second-order valence-electron chi connectivity index (χ2n) is 4.74.